The molecular formula is C20H13NO2. The van der Waals surface area contributed by atoms with Crippen LogP contribution in [-0.2, 0) is 0 Å². The summed E-state index contributed by atoms with van der Waals surface area (Å²) in [6, 6.07) is 18.5. The van der Waals surface area contributed by atoms with E-state index in [1.54, 1.807) is 18.2 Å². The van der Waals surface area contributed by atoms with Crippen LogP contribution in [0.15, 0.2) is 66.7 Å². The van der Waals surface area contributed by atoms with Gasteiger partial charge in [-0.1, -0.05) is 48.5 Å². The van der Waals surface area contributed by atoms with Crippen LogP contribution >= 0.6 is 0 Å². The van der Waals surface area contributed by atoms with Crippen LogP contribution in [0.25, 0.3) is 16.8 Å². The maximum Gasteiger partial charge on any atom is 0.255 e. The minimum atomic E-state index is -0.163. The summed E-state index contributed by atoms with van der Waals surface area (Å²) >= 11 is 0. The number of amides is 1. The molecule has 110 valence electrons. The zero-order valence-electron chi connectivity index (χ0n) is 12.2. The predicted molar refractivity (Wildman–Crippen MR) is 91.7 cm³/mol. The number of benzene rings is 3. The third-order valence-corrected chi connectivity index (χ3v) is 4.04. The Morgan fingerprint density at radius 2 is 1.65 bits per heavy atom. The SMILES string of the molecule is O=C(Nc1ccc2c3c(cccc13)C(=O)C=C2)c1ccccc1. The molecule has 4 rings (SSSR count). The van der Waals surface area contributed by atoms with Gasteiger partial charge in [-0.05, 0) is 29.8 Å². The topological polar surface area (TPSA) is 46.2 Å². The lowest BCUT2D eigenvalue weighted by Crippen LogP contribution is -2.12. The molecular weight excluding hydrogens is 286 g/mol. The second-order valence-electron chi connectivity index (χ2n) is 5.45. The zero-order valence-corrected chi connectivity index (χ0v) is 12.2. The Balaban J connectivity index is 1.82. The Hall–Kier alpha value is -3.20. The molecule has 0 saturated carbocycles. The third-order valence-electron chi connectivity index (χ3n) is 4.04. The van der Waals surface area contributed by atoms with Gasteiger partial charge in [0.15, 0.2) is 5.78 Å². The van der Waals surface area contributed by atoms with E-state index in [-0.39, 0.29) is 11.7 Å². The van der Waals surface area contributed by atoms with Crippen molar-refractivity contribution < 1.29 is 9.59 Å². The van der Waals surface area contributed by atoms with Gasteiger partial charge in [0.25, 0.3) is 5.91 Å². The van der Waals surface area contributed by atoms with Gasteiger partial charge in [-0.3, -0.25) is 9.59 Å². The maximum atomic E-state index is 12.4. The van der Waals surface area contributed by atoms with Crippen molar-refractivity contribution in [2.24, 2.45) is 0 Å². The Kier molecular flexibility index (Phi) is 3.05. The Labute approximate surface area is 133 Å². The molecule has 1 aliphatic rings. The summed E-state index contributed by atoms with van der Waals surface area (Å²) in [5.41, 5.74) is 2.98. The first kappa shape index (κ1) is 13.5. The first-order valence-electron chi connectivity index (χ1n) is 7.38. The minimum Gasteiger partial charge on any atom is -0.321 e. The fraction of sp³-hybridized carbons (Fsp3) is 0. The molecule has 3 heteroatoms. The van der Waals surface area contributed by atoms with E-state index in [4.69, 9.17) is 0 Å². The Morgan fingerprint density at radius 1 is 0.826 bits per heavy atom. The number of nitrogens with one attached hydrogen (secondary N) is 1. The molecule has 23 heavy (non-hydrogen) atoms. The predicted octanol–water partition coefficient (Wildman–Crippen LogP) is 4.30. The molecule has 3 nitrogen and oxygen atoms in total. The van der Waals surface area contributed by atoms with E-state index in [9.17, 15) is 9.59 Å². The molecule has 3 aromatic rings. The highest BCUT2D eigenvalue weighted by Gasteiger charge is 2.17. The average molecular weight is 299 g/mol. The Morgan fingerprint density at radius 3 is 2.48 bits per heavy atom. The highest BCUT2D eigenvalue weighted by Crippen LogP contribution is 2.33. The zero-order chi connectivity index (χ0) is 15.8. The summed E-state index contributed by atoms with van der Waals surface area (Å²) < 4.78 is 0. The second kappa shape index (κ2) is 5.21. The quantitative estimate of drug-likeness (QED) is 0.766. The van der Waals surface area contributed by atoms with Crippen molar-refractivity contribution in [1.82, 2.24) is 0 Å². The lowest BCUT2D eigenvalue weighted by molar-refractivity contribution is 0.102. The van der Waals surface area contributed by atoms with E-state index < -0.39 is 0 Å². The van der Waals surface area contributed by atoms with Gasteiger partial charge in [0.2, 0.25) is 0 Å². The molecule has 0 atom stereocenters. The smallest absolute Gasteiger partial charge is 0.255 e. The number of carbonyl (C=O) groups is 2. The van der Waals surface area contributed by atoms with Crippen LogP contribution in [0.4, 0.5) is 5.69 Å². The van der Waals surface area contributed by atoms with Gasteiger partial charge in [-0.25, -0.2) is 0 Å². The fourth-order valence-electron chi connectivity index (χ4n) is 2.93. The third kappa shape index (κ3) is 2.23. The van der Waals surface area contributed by atoms with Crippen LogP contribution < -0.4 is 5.32 Å². The number of anilines is 1. The second-order valence-corrected chi connectivity index (χ2v) is 5.45. The van der Waals surface area contributed by atoms with Gasteiger partial charge in [0, 0.05) is 27.6 Å². The number of rotatable bonds is 2. The molecule has 1 amide bonds. The molecule has 0 heterocycles. The summed E-state index contributed by atoms with van der Waals surface area (Å²) in [6.07, 6.45) is 3.40. The van der Waals surface area contributed by atoms with Crippen molar-refractivity contribution in [3.63, 3.8) is 0 Å². The summed E-state index contributed by atoms with van der Waals surface area (Å²) in [6.45, 7) is 0. The van der Waals surface area contributed by atoms with E-state index in [2.05, 4.69) is 5.32 Å². The number of carbonyl (C=O) groups excluding carboxylic acids is 2. The lowest BCUT2D eigenvalue weighted by Gasteiger charge is -2.15. The van der Waals surface area contributed by atoms with Crippen LogP contribution in [-0.4, -0.2) is 11.7 Å². The van der Waals surface area contributed by atoms with Gasteiger partial charge in [-0.15, -0.1) is 0 Å². The first-order chi connectivity index (χ1) is 11.2. The van der Waals surface area contributed by atoms with Crippen molar-refractivity contribution in [1.29, 1.82) is 0 Å². The number of hydrogen-bond acceptors (Lipinski definition) is 2. The van der Waals surface area contributed by atoms with Crippen molar-refractivity contribution in [3.05, 3.63) is 83.4 Å². The van der Waals surface area contributed by atoms with Gasteiger partial charge in [0.05, 0.1) is 0 Å². The van der Waals surface area contributed by atoms with Gasteiger partial charge in [0.1, 0.15) is 0 Å². The largest absolute Gasteiger partial charge is 0.321 e. The molecule has 0 bridgehead atoms. The number of hydrogen-bond donors (Lipinski definition) is 1. The summed E-state index contributed by atoms with van der Waals surface area (Å²) in [7, 11) is 0. The lowest BCUT2D eigenvalue weighted by atomic mass is 9.91. The molecule has 0 aliphatic heterocycles. The molecule has 0 spiro atoms. The van der Waals surface area contributed by atoms with E-state index in [1.807, 2.05) is 54.6 Å². The monoisotopic (exact) mass is 299 g/mol. The van der Waals surface area contributed by atoms with Crippen molar-refractivity contribution in [2.45, 2.75) is 0 Å². The van der Waals surface area contributed by atoms with E-state index >= 15 is 0 Å². The van der Waals surface area contributed by atoms with Crippen LogP contribution in [0, 0.1) is 0 Å². The standard InChI is InChI=1S/C20H13NO2/c22-18-12-10-13-9-11-17(15-7-4-8-16(18)19(13)15)21-20(23)14-5-2-1-3-6-14/h1-12H,(H,21,23). The number of allylic oxidation sites excluding steroid dienone is 1. The van der Waals surface area contributed by atoms with E-state index in [0.29, 0.717) is 16.8 Å². The maximum absolute atomic E-state index is 12.4. The molecule has 0 aromatic heterocycles. The van der Waals surface area contributed by atoms with Crippen LogP contribution in [0.2, 0.25) is 0 Å². The summed E-state index contributed by atoms with van der Waals surface area (Å²) in [4.78, 5) is 24.4. The highest BCUT2D eigenvalue weighted by atomic mass is 16.1. The van der Waals surface area contributed by atoms with E-state index in [1.165, 1.54) is 0 Å². The molecule has 0 unspecified atom stereocenters. The van der Waals surface area contributed by atoms with Crippen LogP contribution in [0.5, 0.6) is 0 Å². The Bertz CT molecular complexity index is 972. The van der Waals surface area contributed by atoms with Gasteiger partial charge in [-0.2, -0.15) is 0 Å². The normalized spacial score (nSPS) is 12.4. The number of ketones is 1. The van der Waals surface area contributed by atoms with Crippen LogP contribution in [0.3, 0.4) is 0 Å². The average Bonchev–Trinajstić information content (AvgIpc) is 2.60. The fourth-order valence-corrected chi connectivity index (χ4v) is 2.93. The minimum absolute atomic E-state index is 0.00497. The molecule has 0 fully saturated rings. The molecule has 0 saturated heterocycles. The van der Waals surface area contributed by atoms with Gasteiger partial charge < -0.3 is 5.32 Å². The summed E-state index contributed by atoms with van der Waals surface area (Å²) in [5.74, 6) is -0.168. The molecule has 0 radical (unpaired) electrons. The highest BCUT2D eigenvalue weighted by molar-refractivity contribution is 6.22. The van der Waals surface area contributed by atoms with Gasteiger partial charge >= 0.3 is 0 Å². The van der Waals surface area contributed by atoms with Crippen molar-refractivity contribution in [2.75, 3.05) is 5.32 Å². The first-order valence-corrected chi connectivity index (χ1v) is 7.38. The summed E-state index contributed by atoms with van der Waals surface area (Å²) in [5, 5.41) is 4.72. The van der Waals surface area contributed by atoms with Crippen molar-refractivity contribution in [3.8, 4) is 0 Å². The van der Waals surface area contributed by atoms with Crippen molar-refractivity contribution >= 4 is 34.2 Å². The van der Waals surface area contributed by atoms with Crippen LogP contribution in [0.1, 0.15) is 26.3 Å². The van der Waals surface area contributed by atoms with E-state index in [0.717, 1.165) is 16.3 Å². The molecule has 1 N–H and O–H groups in total. The molecule has 3 aromatic carbocycles. The molecule has 1 aliphatic carbocycles.